The summed E-state index contributed by atoms with van der Waals surface area (Å²) in [6.45, 7) is 1.95. The number of carbonyl (C=O) groups is 1. The Balaban J connectivity index is 1.85. The first-order chi connectivity index (χ1) is 16.0. The number of rotatable bonds is 6. The van der Waals surface area contributed by atoms with Gasteiger partial charge in [-0.15, -0.1) is 0 Å². The summed E-state index contributed by atoms with van der Waals surface area (Å²) in [5.41, 5.74) is 1.71. The number of hydrogen-bond acceptors (Lipinski definition) is 7. The van der Waals surface area contributed by atoms with Gasteiger partial charge in [0.25, 0.3) is 0 Å². The second-order valence-electron chi connectivity index (χ2n) is 7.26. The van der Waals surface area contributed by atoms with Gasteiger partial charge in [0.05, 0.1) is 32.3 Å². The van der Waals surface area contributed by atoms with E-state index in [1.54, 1.807) is 36.4 Å². The van der Waals surface area contributed by atoms with Crippen LogP contribution in [0.15, 0.2) is 69.9 Å². The Morgan fingerprint density at radius 3 is 2.06 bits per heavy atom. The van der Waals surface area contributed by atoms with E-state index in [1.165, 1.54) is 33.5 Å². The van der Waals surface area contributed by atoms with Crippen molar-refractivity contribution < 1.29 is 28.2 Å². The predicted molar refractivity (Wildman–Crippen MR) is 124 cm³/mol. The third-order valence-corrected chi connectivity index (χ3v) is 5.17. The molecule has 0 radical (unpaired) electrons. The summed E-state index contributed by atoms with van der Waals surface area (Å²) in [6.07, 6.45) is 0. The van der Waals surface area contributed by atoms with Crippen LogP contribution in [0.2, 0.25) is 0 Å². The summed E-state index contributed by atoms with van der Waals surface area (Å²) in [5, 5.41) is 0.307. The Labute approximate surface area is 190 Å². The van der Waals surface area contributed by atoms with Crippen LogP contribution in [0.1, 0.15) is 15.9 Å². The molecule has 0 bridgehead atoms. The molecule has 0 saturated heterocycles. The molecule has 0 amide bonds. The number of fused-ring (bicyclic) bond motifs is 1. The van der Waals surface area contributed by atoms with E-state index in [9.17, 15) is 9.59 Å². The van der Waals surface area contributed by atoms with Gasteiger partial charge in [0.2, 0.25) is 16.9 Å². The number of carbonyl (C=O) groups excluding carboxylic acids is 1. The molecule has 0 unspecified atom stereocenters. The predicted octanol–water partition coefficient (Wildman–Crippen LogP) is 5.01. The van der Waals surface area contributed by atoms with E-state index < -0.39 is 11.4 Å². The van der Waals surface area contributed by atoms with Gasteiger partial charge in [-0.25, -0.2) is 4.79 Å². The normalized spacial score (nSPS) is 10.7. The van der Waals surface area contributed by atoms with E-state index in [0.29, 0.717) is 22.3 Å². The van der Waals surface area contributed by atoms with Crippen molar-refractivity contribution in [3.63, 3.8) is 0 Å². The second-order valence-corrected chi connectivity index (χ2v) is 7.26. The molecule has 4 aromatic rings. The van der Waals surface area contributed by atoms with Gasteiger partial charge in [0.15, 0.2) is 17.3 Å². The molecule has 3 aromatic carbocycles. The lowest BCUT2D eigenvalue weighted by molar-refractivity contribution is 0.0730. The van der Waals surface area contributed by atoms with E-state index in [2.05, 4.69) is 0 Å². The van der Waals surface area contributed by atoms with E-state index >= 15 is 0 Å². The standard InChI is InChI=1S/C26H22O7/c1-15-9-11-16(12-10-15)23-25(22(27)18-7-5-6-8-19(18)32-23)33-26(28)17-13-20(29-2)24(31-4)21(14-17)30-3/h5-14H,1-4H3. The Morgan fingerprint density at radius 1 is 0.818 bits per heavy atom. The zero-order valence-corrected chi connectivity index (χ0v) is 18.6. The van der Waals surface area contributed by atoms with Gasteiger partial charge in [0.1, 0.15) is 5.58 Å². The second kappa shape index (κ2) is 9.08. The monoisotopic (exact) mass is 446 g/mol. The summed E-state index contributed by atoms with van der Waals surface area (Å²) in [7, 11) is 4.35. The van der Waals surface area contributed by atoms with Crippen LogP contribution in [0.25, 0.3) is 22.3 Å². The molecule has 1 heterocycles. The number of methoxy groups -OCH3 is 3. The van der Waals surface area contributed by atoms with E-state index in [4.69, 9.17) is 23.4 Å². The first-order valence-corrected chi connectivity index (χ1v) is 10.1. The van der Waals surface area contributed by atoms with Crippen LogP contribution in [0.4, 0.5) is 0 Å². The van der Waals surface area contributed by atoms with Gasteiger partial charge in [-0.1, -0.05) is 42.0 Å². The topological polar surface area (TPSA) is 84.2 Å². The molecule has 0 saturated carbocycles. The van der Waals surface area contributed by atoms with Crippen LogP contribution in [0, 0.1) is 6.92 Å². The maximum Gasteiger partial charge on any atom is 0.344 e. The minimum atomic E-state index is -0.773. The molecule has 1 aromatic heterocycles. The van der Waals surface area contributed by atoms with Crippen molar-refractivity contribution in [3.8, 4) is 34.3 Å². The van der Waals surface area contributed by atoms with Gasteiger partial charge >= 0.3 is 5.97 Å². The highest BCUT2D eigenvalue weighted by Gasteiger charge is 2.23. The van der Waals surface area contributed by atoms with Gasteiger partial charge in [-0.2, -0.15) is 0 Å². The van der Waals surface area contributed by atoms with E-state index in [-0.39, 0.29) is 28.6 Å². The lowest BCUT2D eigenvalue weighted by Crippen LogP contribution is -2.16. The Kier molecular flexibility index (Phi) is 6.04. The molecule has 4 rings (SSSR count). The van der Waals surface area contributed by atoms with Crippen molar-refractivity contribution in [2.75, 3.05) is 21.3 Å². The van der Waals surface area contributed by atoms with Crippen LogP contribution in [0.5, 0.6) is 23.0 Å². The zero-order chi connectivity index (χ0) is 23.5. The molecule has 0 spiro atoms. The minimum absolute atomic E-state index is 0.118. The number of benzene rings is 3. The first kappa shape index (κ1) is 22.0. The Bertz CT molecular complexity index is 1360. The lowest BCUT2D eigenvalue weighted by Gasteiger charge is -2.14. The molecule has 0 atom stereocenters. The number of ether oxygens (including phenoxy) is 4. The molecule has 0 aliphatic rings. The number of esters is 1. The van der Waals surface area contributed by atoms with Gasteiger partial charge in [-0.05, 0) is 31.2 Å². The summed E-state index contributed by atoms with van der Waals surface area (Å²) < 4.78 is 27.6. The molecular formula is C26H22O7. The maximum absolute atomic E-state index is 13.3. The molecule has 0 fully saturated rings. The molecule has 0 N–H and O–H groups in total. The largest absolute Gasteiger partial charge is 0.493 e. The van der Waals surface area contributed by atoms with Crippen LogP contribution in [-0.4, -0.2) is 27.3 Å². The molecule has 168 valence electrons. The highest BCUT2D eigenvalue weighted by atomic mass is 16.5. The van der Waals surface area contributed by atoms with Crippen LogP contribution in [0.3, 0.4) is 0 Å². The first-order valence-electron chi connectivity index (χ1n) is 10.1. The smallest absolute Gasteiger partial charge is 0.344 e. The van der Waals surface area contributed by atoms with Gasteiger partial charge in [-0.3, -0.25) is 4.79 Å². The lowest BCUT2D eigenvalue weighted by atomic mass is 10.1. The van der Waals surface area contributed by atoms with Crippen molar-refractivity contribution in [2.45, 2.75) is 6.92 Å². The average molecular weight is 446 g/mol. The molecule has 0 aliphatic heterocycles. The minimum Gasteiger partial charge on any atom is -0.493 e. The SMILES string of the molecule is COc1cc(C(=O)Oc2c(-c3ccc(C)cc3)oc3ccccc3c2=O)cc(OC)c1OC. The fourth-order valence-corrected chi connectivity index (χ4v) is 3.46. The molecule has 0 aliphatic carbocycles. The van der Waals surface area contributed by atoms with Gasteiger partial charge in [0, 0.05) is 5.56 Å². The highest BCUT2D eigenvalue weighted by molar-refractivity contribution is 5.94. The van der Waals surface area contributed by atoms with Crippen molar-refractivity contribution in [3.05, 3.63) is 82.0 Å². The van der Waals surface area contributed by atoms with Crippen molar-refractivity contribution in [1.29, 1.82) is 0 Å². The number of hydrogen-bond donors (Lipinski definition) is 0. The van der Waals surface area contributed by atoms with Crippen LogP contribution in [-0.2, 0) is 0 Å². The van der Waals surface area contributed by atoms with Crippen molar-refractivity contribution in [1.82, 2.24) is 0 Å². The summed E-state index contributed by atoms with van der Waals surface area (Å²) in [6, 6.07) is 17.1. The van der Waals surface area contributed by atoms with Gasteiger partial charge < -0.3 is 23.4 Å². The third-order valence-electron chi connectivity index (χ3n) is 5.17. The Morgan fingerprint density at radius 2 is 1.45 bits per heavy atom. The van der Waals surface area contributed by atoms with Crippen molar-refractivity contribution in [2.24, 2.45) is 0 Å². The fourth-order valence-electron chi connectivity index (χ4n) is 3.46. The molecule has 33 heavy (non-hydrogen) atoms. The van der Waals surface area contributed by atoms with Crippen LogP contribution >= 0.6 is 0 Å². The highest BCUT2D eigenvalue weighted by Crippen LogP contribution is 2.39. The van der Waals surface area contributed by atoms with E-state index in [0.717, 1.165) is 5.56 Å². The number of aryl methyl sites for hydroxylation is 1. The van der Waals surface area contributed by atoms with E-state index in [1.807, 2.05) is 19.1 Å². The molecular weight excluding hydrogens is 424 g/mol. The fraction of sp³-hybridized carbons (Fsp3) is 0.154. The van der Waals surface area contributed by atoms with Crippen molar-refractivity contribution >= 4 is 16.9 Å². The molecule has 7 heteroatoms. The summed E-state index contributed by atoms with van der Waals surface area (Å²) in [5.74, 6) is 0.101. The van der Waals surface area contributed by atoms with Crippen LogP contribution < -0.4 is 24.4 Å². The quantitative estimate of drug-likeness (QED) is 0.385. The average Bonchev–Trinajstić information content (AvgIpc) is 2.85. The summed E-state index contributed by atoms with van der Waals surface area (Å²) >= 11 is 0. The number of para-hydroxylation sites is 1. The zero-order valence-electron chi connectivity index (χ0n) is 18.6. The summed E-state index contributed by atoms with van der Waals surface area (Å²) in [4.78, 5) is 26.4. The Hall–Kier alpha value is -4.26. The maximum atomic E-state index is 13.3. The third kappa shape index (κ3) is 4.13. The molecule has 7 nitrogen and oxygen atoms in total.